The summed E-state index contributed by atoms with van der Waals surface area (Å²) in [5.74, 6) is -1.79. The molecule has 1 aliphatic carbocycles. The van der Waals surface area contributed by atoms with E-state index in [9.17, 15) is 4.79 Å². The Morgan fingerprint density at radius 1 is 1.08 bits per heavy atom. The summed E-state index contributed by atoms with van der Waals surface area (Å²) >= 11 is 0. The van der Waals surface area contributed by atoms with Crippen molar-refractivity contribution in [2.75, 3.05) is 0 Å². The minimum Gasteiger partial charge on any atom is -0.481 e. The van der Waals surface area contributed by atoms with Gasteiger partial charge in [0.15, 0.2) is 0 Å². The van der Waals surface area contributed by atoms with Crippen LogP contribution in [-0.4, -0.2) is 44.7 Å². The molecule has 1 aliphatic rings. The molecule has 5 heteroatoms. The molecule has 12 heavy (non-hydrogen) atoms. The van der Waals surface area contributed by atoms with Crippen LogP contribution in [0.3, 0.4) is 0 Å². The molecule has 0 unspecified atom stereocenters. The van der Waals surface area contributed by atoms with E-state index in [-0.39, 0.29) is 12.8 Å². The van der Waals surface area contributed by atoms with E-state index < -0.39 is 30.2 Å². The van der Waals surface area contributed by atoms with Gasteiger partial charge in [-0.3, -0.25) is 4.79 Å². The zero-order valence-corrected chi connectivity index (χ0v) is 6.42. The van der Waals surface area contributed by atoms with Gasteiger partial charge < -0.3 is 20.4 Å². The van der Waals surface area contributed by atoms with E-state index in [1.807, 2.05) is 0 Å². The fraction of sp³-hybridized carbons (Fsp3) is 0.857. The third kappa shape index (κ3) is 1.74. The summed E-state index contributed by atoms with van der Waals surface area (Å²) < 4.78 is 0. The SMILES string of the molecule is O=C(O)C1C[C@@H](O)C(O)[C@H](O)C1. The molecule has 70 valence electrons. The minimum absolute atomic E-state index is 0.00750. The van der Waals surface area contributed by atoms with Crippen LogP contribution in [0.5, 0.6) is 0 Å². The smallest absolute Gasteiger partial charge is 0.306 e. The van der Waals surface area contributed by atoms with Crippen molar-refractivity contribution in [1.82, 2.24) is 0 Å². The maximum atomic E-state index is 10.4. The van der Waals surface area contributed by atoms with E-state index in [1.165, 1.54) is 0 Å². The third-order valence-electron chi connectivity index (χ3n) is 2.19. The summed E-state index contributed by atoms with van der Waals surface area (Å²) in [7, 11) is 0. The van der Waals surface area contributed by atoms with Crippen LogP contribution in [0.4, 0.5) is 0 Å². The molecule has 0 aromatic heterocycles. The summed E-state index contributed by atoms with van der Waals surface area (Å²) in [6.45, 7) is 0. The molecule has 1 fully saturated rings. The van der Waals surface area contributed by atoms with Gasteiger partial charge in [0.05, 0.1) is 18.1 Å². The highest BCUT2D eigenvalue weighted by molar-refractivity contribution is 5.70. The number of carboxylic acids is 1. The Morgan fingerprint density at radius 2 is 1.50 bits per heavy atom. The second-order valence-electron chi connectivity index (χ2n) is 3.13. The highest BCUT2D eigenvalue weighted by atomic mass is 16.4. The molecule has 0 aromatic rings. The van der Waals surface area contributed by atoms with Crippen molar-refractivity contribution in [3.8, 4) is 0 Å². The Hall–Kier alpha value is -0.650. The Labute approximate surface area is 69.3 Å². The van der Waals surface area contributed by atoms with Gasteiger partial charge in [0, 0.05) is 0 Å². The Morgan fingerprint density at radius 3 is 1.83 bits per heavy atom. The van der Waals surface area contributed by atoms with Crippen LogP contribution in [-0.2, 0) is 4.79 Å². The van der Waals surface area contributed by atoms with Crippen molar-refractivity contribution >= 4 is 5.97 Å². The largest absolute Gasteiger partial charge is 0.481 e. The topological polar surface area (TPSA) is 98.0 Å². The molecule has 0 heterocycles. The van der Waals surface area contributed by atoms with Crippen molar-refractivity contribution in [3.63, 3.8) is 0 Å². The van der Waals surface area contributed by atoms with Gasteiger partial charge >= 0.3 is 5.97 Å². The summed E-state index contributed by atoms with van der Waals surface area (Å²) in [6, 6.07) is 0. The number of aliphatic hydroxyl groups is 3. The van der Waals surface area contributed by atoms with Gasteiger partial charge in [-0.2, -0.15) is 0 Å². The van der Waals surface area contributed by atoms with E-state index in [4.69, 9.17) is 20.4 Å². The van der Waals surface area contributed by atoms with Crippen molar-refractivity contribution in [2.45, 2.75) is 31.2 Å². The highest BCUT2D eigenvalue weighted by Gasteiger charge is 2.37. The molecule has 0 radical (unpaired) electrons. The lowest BCUT2D eigenvalue weighted by Crippen LogP contribution is -2.46. The van der Waals surface area contributed by atoms with Crippen molar-refractivity contribution in [3.05, 3.63) is 0 Å². The maximum Gasteiger partial charge on any atom is 0.306 e. The summed E-state index contributed by atoms with van der Waals surface area (Å²) in [5.41, 5.74) is 0. The molecule has 0 aromatic carbocycles. The first-order valence-electron chi connectivity index (χ1n) is 3.79. The molecule has 0 saturated heterocycles. The van der Waals surface area contributed by atoms with E-state index in [2.05, 4.69) is 0 Å². The van der Waals surface area contributed by atoms with Gasteiger partial charge in [0.25, 0.3) is 0 Å². The molecule has 0 aliphatic heterocycles. The fourth-order valence-electron chi connectivity index (χ4n) is 1.42. The molecule has 0 spiro atoms. The normalized spacial score (nSPS) is 42.6. The van der Waals surface area contributed by atoms with Gasteiger partial charge in [-0.25, -0.2) is 0 Å². The number of rotatable bonds is 1. The van der Waals surface area contributed by atoms with Crippen LogP contribution in [0.1, 0.15) is 12.8 Å². The van der Waals surface area contributed by atoms with Crippen molar-refractivity contribution in [2.24, 2.45) is 5.92 Å². The third-order valence-corrected chi connectivity index (χ3v) is 2.19. The minimum atomic E-state index is -1.21. The number of hydrogen-bond acceptors (Lipinski definition) is 4. The van der Waals surface area contributed by atoms with Gasteiger partial charge in [0.1, 0.15) is 6.10 Å². The summed E-state index contributed by atoms with van der Waals surface area (Å²) in [5, 5.41) is 35.8. The summed E-state index contributed by atoms with van der Waals surface area (Å²) in [6.07, 6.45) is -3.45. The number of hydrogen-bond donors (Lipinski definition) is 4. The number of carbonyl (C=O) groups is 1. The molecule has 4 N–H and O–H groups in total. The molecule has 0 bridgehead atoms. The lowest BCUT2D eigenvalue weighted by atomic mass is 9.83. The monoisotopic (exact) mass is 176 g/mol. The van der Waals surface area contributed by atoms with Crippen LogP contribution < -0.4 is 0 Å². The van der Waals surface area contributed by atoms with Gasteiger partial charge in [-0.15, -0.1) is 0 Å². The van der Waals surface area contributed by atoms with Gasteiger partial charge in [0.2, 0.25) is 0 Å². The predicted octanol–water partition coefficient (Wildman–Crippen LogP) is -1.44. The zero-order valence-electron chi connectivity index (χ0n) is 6.42. The maximum absolute atomic E-state index is 10.4. The second-order valence-corrected chi connectivity index (χ2v) is 3.13. The molecule has 5 nitrogen and oxygen atoms in total. The van der Waals surface area contributed by atoms with E-state index >= 15 is 0 Å². The Bertz CT molecular complexity index is 169. The molecule has 0 amide bonds. The quantitative estimate of drug-likeness (QED) is 0.392. The van der Waals surface area contributed by atoms with Crippen LogP contribution in [0.2, 0.25) is 0 Å². The molecule has 2 atom stereocenters. The standard InChI is InChI=1S/C7H12O5/c8-4-1-3(7(11)12)2-5(9)6(4)10/h3-6,8-10H,1-2H2,(H,11,12)/t3?,4-,5-,6?/m1/s1. The van der Waals surface area contributed by atoms with Gasteiger partial charge in [-0.05, 0) is 12.8 Å². The Balaban J connectivity index is 2.59. The molecule has 1 saturated carbocycles. The van der Waals surface area contributed by atoms with E-state index in [0.717, 1.165) is 0 Å². The van der Waals surface area contributed by atoms with Crippen molar-refractivity contribution < 1.29 is 25.2 Å². The van der Waals surface area contributed by atoms with Crippen LogP contribution in [0, 0.1) is 5.92 Å². The van der Waals surface area contributed by atoms with Crippen LogP contribution in [0.15, 0.2) is 0 Å². The van der Waals surface area contributed by atoms with Crippen molar-refractivity contribution in [1.29, 1.82) is 0 Å². The second kappa shape index (κ2) is 3.38. The molecular weight excluding hydrogens is 164 g/mol. The van der Waals surface area contributed by atoms with Gasteiger partial charge in [-0.1, -0.05) is 0 Å². The average molecular weight is 176 g/mol. The fourth-order valence-corrected chi connectivity index (χ4v) is 1.42. The lowest BCUT2D eigenvalue weighted by Gasteiger charge is -2.31. The number of carboxylic acid groups (broad SMARTS) is 1. The first-order valence-corrected chi connectivity index (χ1v) is 3.79. The highest BCUT2D eigenvalue weighted by Crippen LogP contribution is 2.25. The molecular formula is C7H12O5. The first kappa shape index (κ1) is 9.44. The average Bonchev–Trinajstić information content (AvgIpc) is 1.99. The zero-order chi connectivity index (χ0) is 9.30. The Kier molecular flexibility index (Phi) is 2.66. The summed E-state index contributed by atoms with van der Waals surface area (Å²) in [4.78, 5) is 10.4. The predicted molar refractivity (Wildman–Crippen MR) is 38.4 cm³/mol. The first-order chi connectivity index (χ1) is 5.52. The number of aliphatic hydroxyl groups excluding tert-OH is 3. The van der Waals surface area contributed by atoms with E-state index in [1.54, 1.807) is 0 Å². The lowest BCUT2D eigenvalue weighted by molar-refractivity contribution is -0.153. The van der Waals surface area contributed by atoms with E-state index in [0.29, 0.717) is 0 Å². The van der Waals surface area contributed by atoms with Crippen LogP contribution in [0.25, 0.3) is 0 Å². The number of aliphatic carboxylic acids is 1. The van der Waals surface area contributed by atoms with Crippen LogP contribution >= 0.6 is 0 Å². The molecule has 1 rings (SSSR count).